The quantitative estimate of drug-likeness (QED) is 0.325. The molecule has 0 saturated heterocycles. The minimum atomic E-state index is 0.111. The third-order valence-electron chi connectivity index (χ3n) is 2.45. The van der Waals surface area contributed by atoms with Gasteiger partial charge in [-0.05, 0) is 54.8 Å². The molecule has 2 nitrogen and oxygen atoms in total. The molecule has 2 aromatic carbocycles. The van der Waals surface area contributed by atoms with E-state index in [9.17, 15) is 0 Å². The van der Waals surface area contributed by atoms with Gasteiger partial charge in [0.2, 0.25) is 0 Å². The zero-order chi connectivity index (χ0) is 17.5. The highest BCUT2D eigenvalue weighted by Crippen LogP contribution is 2.12. The zero-order valence-electron chi connectivity index (χ0n) is 12.5. The maximum Gasteiger partial charge on any atom is 0.134 e. The van der Waals surface area contributed by atoms with Crippen molar-refractivity contribution in [3.63, 3.8) is 0 Å². The van der Waals surface area contributed by atoms with Gasteiger partial charge in [0.05, 0.1) is 5.88 Å². The Hall–Kier alpha value is -0.550. The summed E-state index contributed by atoms with van der Waals surface area (Å²) in [6, 6.07) is 15.9. The van der Waals surface area contributed by atoms with Crippen molar-refractivity contribution in [3.8, 4) is 0 Å². The molecule has 0 amide bonds. The first-order valence-corrected chi connectivity index (χ1v) is 9.50. The lowest BCUT2D eigenvalue weighted by molar-refractivity contribution is -0.105. The Labute approximate surface area is 164 Å². The molecule has 0 spiro atoms. The van der Waals surface area contributed by atoms with Gasteiger partial charge in [-0.25, -0.2) is 0 Å². The number of hydrogen-bond acceptors (Lipinski definition) is 2. The number of carbonyl (C=O) groups is 1. The summed E-state index contributed by atoms with van der Waals surface area (Å²) in [5.74, 6) is 0.857. The number of nitrogens with two attached hydrogens (primary N) is 1. The SMILES string of the molecule is ClCCCc1ccc(Br)cc1.Nc1ccc(Br)cc1.O=CCCl. The van der Waals surface area contributed by atoms with Crippen molar-refractivity contribution in [1.29, 1.82) is 0 Å². The fourth-order valence-electron chi connectivity index (χ4n) is 1.38. The summed E-state index contributed by atoms with van der Waals surface area (Å²) >= 11 is 17.1. The molecule has 2 aromatic rings. The second kappa shape index (κ2) is 15.0. The summed E-state index contributed by atoms with van der Waals surface area (Å²) in [6.45, 7) is 0. The van der Waals surface area contributed by atoms with Gasteiger partial charge in [0.25, 0.3) is 0 Å². The number of rotatable bonds is 4. The molecule has 6 heteroatoms. The monoisotopic (exact) mass is 481 g/mol. The topological polar surface area (TPSA) is 43.1 Å². The lowest BCUT2D eigenvalue weighted by Crippen LogP contribution is -1.84. The number of anilines is 1. The first-order valence-electron chi connectivity index (χ1n) is 6.84. The average Bonchev–Trinajstić information content (AvgIpc) is 2.58. The van der Waals surface area contributed by atoms with Crippen LogP contribution in [0.1, 0.15) is 12.0 Å². The van der Waals surface area contributed by atoms with E-state index in [2.05, 4.69) is 56.1 Å². The Morgan fingerprint density at radius 3 is 1.70 bits per heavy atom. The van der Waals surface area contributed by atoms with Crippen LogP contribution in [0.2, 0.25) is 0 Å². The molecule has 0 aromatic heterocycles. The van der Waals surface area contributed by atoms with E-state index in [1.807, 2.05) is 24.3 Å². The third-order valence-corrected chi connectivity index (χ3v) is 3.90. The third kappa shape index (κ3) is 13.6. The zero-order valence-corrected chi connectivity index (χ0v) is 17.2. The molecule has 0 unspecified atom stereocenters. The van der Waals surface area contributed by atoms with Gasteiger partial charge in [-0.2, -0.15) is 0 Å². The Kier molecular flexibility index (Phi) is 14.6. The fourth-order valence-corrected chi connectivity index (χ4v) is 2.05. The van der Waals surface area contributed by atoms with Crippen LogP contribution in [0.3, 0.4) is 0 Å². The number of aryl methyl sites for hydroxylation is 1. The standard InChI is InChI=1S/C9H10BrCl.C6H6BrN.C2H3ClO/c10-9-5-3-8(4-6-9)2-1-7-11;7-5-1-3-6(8)4-2-5;3-1-2-4/h3-6H,1-2,7H2;1-4H,8H2;2H,1H2. The smallest absolute Gasteiger partial charge is 0.134 e. The molecule has 0 fully saturated rings. The van der Waals surface area contributed by atoms with Crippen LogP contribution in [-0.4, -0.2) is 18.0 Å². The minimum absolute atomic E-state index is 0.111. The Morgan fingerprint density at radius 1 is 0.913 bits per heavy atom. The number of alkyl halides is 2. The van der Waals surface area contributed by atoms with Crippen LogP contribution >= 0.6 is 55.1 Å². The summed E-state index contributed by atoms with van der Waals surface area (Å²) in [4.78, 5) is 9.04. The summed E-state index contributed by atoms with van der Waals surface area (Å²) in [5.41, 5.74) is 7.56. The molecule has 0 aliphatic rings. The predicted octanol–water partition coefficient (Wildman–Crippen LogP) is 6.08. The average molecular weight is 484 g/mol. The van der Waals surface area contributed by atoms with E-state index in [1.54, 1.807) is 0 Å². The van der Waals surface area contributed by atoms with Crippen LogP contribution in [-0.2, 0) is 11.2 Å². The van der Waals surface area contributed by atoms with Crippen LogP contribution < -0.4 is 5.73 Å². The first-order chi connectivity index (χ1) is 11.0. The Balaban J connectivity index is 0.000000354. The molecular formula is C17H19Br2Cl2NO. The molecule has 0 atom stereocenters. The second-order valence-corrected chi connectivity index (χ2v) is 6.81. The fraction of sp³-hybridized carbons (Fsp3) is 0.235. The van der Waals surface area contributed by atoms with Crippen molar-refractivity contribution >= 4 is 67.0 Å². The minimum Gasteiger partial charge on any atom is -0.399 e. The van der Waals surface area contributed by atoms with Gasteiger partial charge in [-0.1, -0.05) is 44.0 Å². The van der Waals surface area contributed by atoms with E-state index in [4.69, 9.17) is 33.7 Å². The number of aldehydes is 1. The summed E-state index contributed by atoms with van der Waals surface area (Å²) in [5, 5.41) is 0. The highest BCUT2D eigenvalue weighted by molar-refractivity contribution is 9.10. The van der Waals surface area contributed by atoms with Crippen LogP contribution in [0.4, 0.5) is 5.69 Å². The molecule has 0 bridgehead atoms. The van der Waals surface area contributed by atoms with E-state index in [0.717, 1.165) is 33.4 Å². The lowest BCUT2D eigenvalue weighted by Gasteiger charge is -1.97. The van der Waals surface area contributed by atoms with Crippen LogP contribution in [0.15, 0.2) is 57.5 Å². The molecule has 0 saturated carbocycles. The van der Waals surface area contributed by atoms with Gasteiger partial charge in [0.15, 0.2) is 0 Å². The molecule has 126 valence electrons. The van der Waals surface area contributed by atoms with Crippen molar-refractivity contribution in [2.24, 2.45) is 0 Å². The van der Waals surface area contributed by atoms with E-state index in [0.29, 0.717) is 6.29 Å². The van der Waals surface area contributed by atoms with Gasteiger partial charge in [-0.15, -0.1) is 23.2 Å². The van der Waals surface area contributed by atoms with Gasteiger partial charge >= 0.3 is 0 Å². The first kappa shape index (κ1) is 22.4. The summed E-state index contributed by atoms with van der Waals surface area (Å²) in [7, 11) is 0. The van der Waals surface area contributed by atoms with Crippen molar-refractivity contribution in [1.82, 2.24) is 0 Å². The van der Waals surface area contributed by atoms with Crippen molar-refractivity contribution in [2.45, 2.75) is 12.8 Å². The van der Waals surface area contributed by atoms with Gasteiger partial charge in [0, 0.05) is 20.5 Å². The van der Waals surface area contributed by atoms with E-state index in [1.165, 1.54) is 5.56 Å². The molecule has 0 radical (unpaired) electrons. The van der Waals surface area contributed by atoms with Crippen molar-refractivity contribution in [3.05, 3.63) is 63.0 Å². The molecule has 2 rings (SSSR count). The number of nitrogen functional groups attached to an aromatic ring is 1. The summed E-state index contributed by atoms with van der Waals surface area (Å²) in [6.07, 6.45) is 2.78. The van der Waals surface area contributed by atoms with Gasteiger partial charge < -0.3 is 10.5 Å². The largest absolute Gasteiger partial charge is 0.399 e. The molecule has 2 N–H and O–H groups in total. The normalized spacial score (nSPS) is 9.04. The lowest BCUT2D eigenvalue weighted by atomic mass is 10.1. The number of benzene rings is 2. The molecular weight excluding hydrogens is 465 g/mol. The van der Waals surface area contributed by atoms with E-state index < -0.39 is 0 Å². The molecule has 0 aliphatic heterocycles. The Morgan fingerprint density at radius 2 is 1.35 bits per heavy atom. The Bertz CT molecular complexity index is 512. The highest BCUT2D eigenvalue weighted by Gasteiger charge is 1.91. The molecule has 0 aliphatic carbocycles. The van der Waals surface area contributed by atoms with Crippen LogP contribution in [0, 0.1) is 0 Å². The van der Waals surface area contributed by atoms with E-state index >= 15 is 0 Å². The highest BCUT2D eigenvalue weighted by atomic mass is 79.9. The maximum atomic E-state index is 9.04. The van der Waals surface area contributed by atoms with E-state index in [-0.39, 0.29) is 5.88 Å². The molecule has 23 heavy (non-hydrogen) atoms. The van der Waals surface area contributed by atoms with Gasteiger partial charge in [-0.3, -0.25) is 0 Å². The number of carbonyl (C=O) groups excluding carboxylic acids is 1. The predicted molar refractivity (Wildman–Crippen MR) is 109 cm³/mol. The second-order valence-electron chi connectivity index (χ2n) is 4.29. The van der Waals surface area contributed by atoms with Crippen LogP contribution in [0.25, 0.3) is 0 Å². The number of halogens is 4. The maximum absolute atomic E-state index is 9.04. The van der Waals surface area contributed by atoms with Gasteiger partial charge in [0.1, 0.15) is 6.29 Å². The number of hydrogen-bond donors (Lipinski definition) is 1. The summed E-state index contributed by atoms with van der Waals surface area (Å²) < 4.78 is 2.19. The van der Waals surface area contributed by atoms with Crippen LogP contribution in [0.5, 0.6) is 0 Å². The van der Waals surface area contributed by atoms with Crippen molar-refractivity contribution < 1.29 is 4.79 Å². The molecule has 0 heterocycles. The van der Waals surface area contributed by atoms with Crippen molar-refractivity contribution in [2.75, 3.05) is 17.5 Å².